The van der Waals surface area contributed by atoms with Crippen LogP contribution >= 0.6 is 0 Å². The molecule has 0 amide bonds. The molecular formula is C30H36N4O7. The summed E-state index contributed by atoms with van der Waals surface area (Å²) in [5.41, 5.74) is 2.04. The van der Waals surface area contributed by atoms with E-state index in [-0.39, 0.29) is 52.2 Å². The van der Waals surface area contributed by atoms with Crippen molar-refractivity contribution in [2.75, 3.05) is 70.2 Å². The molecule has 3 aromatic carbocycles. The van der Waals surface area contributed by atoms with Gasteiger partial charge in [-0.15, -0.1) is 0 Å². The Bertz CT molecular complexity index is 1470. The van der Waals surface area contributed by atoms with Crippen LogP contribution in [0, 0.1) is 0 Å². The van der Waals surface area contributed by atoms with Gasteiger partial charge in [0, 0.05) is 67.0 Å². The smallest absolute Gasteiger partial charge is 0.338 e. The highest BCUT2D eigenvalue weighted by Gasteiger charge is 2.37. The van der Waals surface area contributed by atoms with Gasteiger partial charge in [0.15, 0.2) is 11.6 Å². The number of carbonyl (C=O) groups is 3. The maximum atomic E-state index is 14.1. The van der Waals surface area contributed by atoms with Crippen LogP contribution in [0.25, 0.3) is 10.8 Å². The van der Waals surface area contributed by atoms with Crippen LogP contribution in [0.2, 0.25) is 0 Å². The quantitative estimate of drug-likeness (QED) is 0.0878. The largest absolute Gasteiger partial charge is 0.507 e. The average Bonchev–Trinajstić information content (AvgIpc) is 2.98. The molecule has 0 aliphatic heterocycles. The first-order valence-corrected chi connectivity index (χ1v) is 13.7. The third-order valence-corrected chi connectivity index (χ3v) is 7.09. The van der Waals surface area contributed by atoms with Crippen molar-refractivity contribution >= 4 is 39.7 Å². The lowest BCUT2D eigenvalue weighted by Crippen LogP contribution is -2.29. The number of phenols is 1. The van der Waals surface area contributed by atoms with Gasteiger partial charge < -0.3 is 41.3 Å². The van der Waals surface area contributed by atoms with Crippen LogP contribution in [0.15, 0.2) is 30.3 Å². The minimum absolute atomic E-state index is 0.00252. The Morgan fingerprint density at radius 1 is 0.780 bits per heavy atom. The normalized spacial score (nSPS) is 12.3. The molecule has 41 heavy (non-hydrogen) atoms. The SMILES string of the molecule is CCc1ccc2c(O)c3c(cc2c1C(=O)OC)C(=O)c1c(NCCNCCO)ccc(NCCNCCO)c1C3=O. The summed E-state index contributed by atoms with van der Waals surface area (Å²) in [6.45, 7) is 4.60. The molecule has 3 aromatic rings. The van der Waals surface area contributed by atoms with Crippen molar-refractivity contribution < 1.29 is 34.4 Å². The van der Waals surface area contributed by atoms with Crippen molar-refractivity contribution in [3.63, 3.8) is 0 Å². The molecule has 0 heterocycles. The van der Waals surface area contributed by atoms with Crippen LogP contribution in [0.1, 0.15) is 54.7 Å². The van der Waals surface area contributed by atoms with E-state index in [9.17, 15) is 19.5 Å². The maximum Gasteiger partial charge on any atom is 0.338 e. The van der Waals surface area contributed by atoms with Crippen LogP contribution in [-0.4, -0.2) is 92.4 Å². The summed E-state index contributed by atoms with van der Waals surface area (Å²) in [7, 11) is 1.27. The van der Waals surface area contributed by atoms with Gasteiger partial charge >= 0.3 is 5.97 Å². The van der Waals surface area contributed by atoms with Gasteiger partial charge in [-0.05, 0) is 30.2 Å². The van der Waals surface area contributed by atoms with Gasteiger partial charge in [0.2, 0.25) is 0 Å². The van der Waals surface area contributed by atoms with E-state index in [1.54, 1.807) is 24.3 Å². The van der Waals surface area contributed by atoms with Gasteiger partial charge in [0.25, 0.3) is 0 Å². The first kappa shape index (κ1) is 29.9. The monoisotopic (exact) mass is 564 g/mol. The number of aliphatic hydroxyl groups excluding tert-OH is 2. The number of aryl methyl sites for hydroxylation is 1. The van der Waals surface area contributed by atoms with E-state index < -0.39 is 17.5 Å². The van der Waals surface area contributed by atoms with Gasteiger partial charge in [0.05, 0.1) is 42.6 Å². The number of anilines is 2. The first-order chi connectivity index (χ1) is 19.9. The summed E-state index contributed by atoms with van der Waals surface area (Å²) in [6, 6.07) is 8.30. The minimum atomic E-state index is -0.596. The number of methoxy groups -OCH3 is 1. The molecule has 0 fully saturated rings. The zero-order valence-electron chi connectivity index (χ0n) is 23.2. The summed E-state index contributed by atoms with van der Waals surface area (Å²) >= 11 is 0. The highest BCUT2D eigenvalue weighted by molar-refractivity contribution is 6.34. The van der Waals surface area contributed by atoms with E-state index >= 15 is 0 Å². The number of ether oxygens (including phenoxy) is 1. The highest BCUT2D eigenvalue weighted by atomic mass is 16.5. The molecule has 11 nitrogen and oxygen atoms in total. The first-order valence-electron chi connectivity index (χ1n) is 13.7. The number of esters is 1. The molecular weight excluding hydrogens is 528 g/mol. The summed E-state index contributed by atoms with van der Waals surface area (Å²) in [6.07, 6.45) is 0.522. The van der Waals surface area contributed by atoms with E-state index in [1.165, 1.54) is 13.2 Å². The van der Waals surface area contributed by atoms with Crippen LogP contribution in [0.4, 0.5) is 11.4 Å². The second kappa shape index (κ2) is 13.6. The third kappa shape index (κ3) is 5.89. The van der Waals surface area contributed by atoms with Crippen molar-refractivity contribution in [3.8, 4) is 5.75 Å². The fourth-order valence-electron chi connectivity index (χ4n) is 5.15. The Balaban J connectivity index is 1.85. The molecule has 4 rings (SSSR count). The van der Waals surface area contributed by atoms with Gasteiger partial charge in [-0.2, -0.15) is 0 Å². The zero-order chi connectivity index (χ0) is 29.5. The maximum absolute atomic E-state index is 14.1. The molecule has 11 heteroatoms. The van der Waals surface area contributed by atoms with E-state index in [2.05, 4.69) is 21.3 Å². The molecule has 0 radical (unpaired) electrons. The Hall–Kier alpha value is -4.03. The fourth-order valence-corrected chi connectivity index (χ4v) is 5.15. The number of phenolic OH excluding ortho intramolecular Hbond substituents is 1. The molecule has 0 bridgehead atoms. The lowest BCUT2D eigenvalue weighted by Gasteiger charge is -2.25. The molecule has 0 aromatic heterocycles. The zero-order valence-corrected chi connectivity index (χ0v) is 23.2. The number of hydrogen-bond acceptors (Lipinski definition) is 11. The fraction of sp³-hybridized carbons (Fsp3) is 0.367. The molecule has 218 valence electrons. The molecule has 0 atom stereocenters. The second-order valence-corrected chi connectivity index (χ2v) is 9.56. The minimum Gasteiger partial charge on any atom is -0.507 e. The predicted molar refractivity (Wildman–Crippen MR) is 157 cm³/mol. The van der Waals surface area contributed by atoms with E-state index in [0.29, 0.717) is 68.0 Å². The number of aromatic hydroxyl groups is 1. The lowest BCUT2D eigenvalue weighted by molar-refractivity contribution is 0.0601. The number of ketones is 2. The average molecular weight is 565 g/mol. The number of fused-ring (bicyclic) bond motifs is 3. The Morgan fingerprint density at radius 3 is 1.90 bits per heavy atom. The van der Waals surface area contributed by atoms with Crippen LogP contribution < -0.4 is 21.3 Å². The molecule has 0 saturated carbocycles. The summed E-state index contributed by atoms with van der Waals surface area (Å²) < 4.78 is 5.01. The Morgan fingerprint density at radius 2 is 1.37 bits per heavy atom. The number of aliphatic hydroxyl groups is 2. The van der Waals surface area contributed by atoms with Crippen LogP contribution in [0.5, 0.6) is 5.75 Å². The van der Waals surface area contributed by atoms with Gasteiger partial charge in [-0.1, -0.05) is 19.1 Å². The van der Waals surface area contributed by atoms with Gasteiger partial charge in [-0.3, -0.25) is 9.59 Å². The lowest BCUT2D eigenvalue weighted by atomic mass is 9.79. The molecule has 1 aliphatic carbocycles. The third-order valence-electron chi connectivity index (χ3n) is 7.09. The van der Waals surface area contributed by atoms with Crippen LogP contribution in [0.3, 0.4) is 0 Å². The van der Waals surface area contributed by atoms with Crippen molar-refractivity contribution in [2.24, 2.45) is 0 Å². The highest BCUT2D eigenvalue weighted by Crippen LogP contribution is 2.43. The van der Waals surface area contributed by atoms with E-state index in [4.69, 9.17) is 14.9 Å². The number of benzene rings is 3. The number of rotatable bonds is 14. The van der Waals surface area contributed by atoms with E-state index in [1.807, 2.05) is 6.92 Å². The van der Waals surface area contributed by atoms with Crippen molar-refractivity contribution in [2.45, 2.75) is 13.3 Å². The molecule has 1 aliphatic rings. The number of carbonyl (C=O) groups excluding carboxylic acids is 3. The molecule has 0 saturated heterocycles. The van der Waals surface area contributed by atoms with Gasteiger partial charge in [-0.25, -0.2) is 4.79 Å². The van der Waals surface area contributed by atoms with Crippen LogP contribution in [-0.2, 0) is 11.2 Å². The molecule has 0 unspecified atom stereocenters. The number of nitrogens with one attached hydrogen (secondary N) is 4. The molecule has 0 spiro atoms. The summed E-state index contributed by atoms with van der Waals surface area (Å²) in [5.74, 6) is -1.93. The van der Waals surface area contributed by atoms with E-state index in [0.717, 1.165) is 0 Å². The van der Waals surface area contributed by atoms with Gasteiger partial charge in [0.1, 0.15) is 5.75 Å². The molecule has 7 N–H and O–H groups in total. The Kier molecular flexibility index (Phi) is 9.90. The summed E-state index contributed by atoms with van der Waals surface area (Å²) in [4.78, 5) is 41.0. The second-order valence-electron chi connectivity index (χ2n) is 9.56. The predicted octanol–water partition coefficient (Wildman–Crippen LogP) is 1.66. The number of hydrogen-bond donors (Lipinski definition) is 7. The Labute approximate surface area is 237 Å². The van der Waals surface area contributed by atoms with Crippen molar-refractivity contribution in [1.29, 1.82) is 0 Å². The topological polar surface area (TPSA) is 169 Å². The van der Waals surface area contributed by atoms with Crippen molar-refractivity contribution in [1.82, 2.24) is 10.6 Å². The standard InChI is InChI=1S/C30H36N4O7/c1-3-17-4-5-18-19(23(17)30(40)41-2)16-20-24(27(18)37)29(39)26-22(34-11-9-32-13-15-36)7-6-21(25(26)28(20)38)33-10-8-31-12-14-35/h4-7,16,31-37H,3,8-15H2,1-2H3. The van der Waals surface area contributed by atoms with Crippen molar-refractivity contribution in [3.05, 3.63) is 63.7 Å². The summed E-state index contributed by atoms with van der Waals surface area (Å²) in [5, 5.41) is 42.5.